The molecule has 0 fully saturated rings. The van der Waals surface area contributed by atoms with E-state index in [0.29, 0.717) is 0 Å². The van der Waals surface area contributed by atoms with Crippen molar-refractivity contribution in [1.29, 1.82) is 0 Å². The van der Waals surface area contributed by atoms with E-state index in [1.54, 1.807) is 0 Å². The maximum absolute atomic E-state index is 2.39. The van der Waals surface area contributed by atoms with Gasteiger partial charge in [-0.05, 0) is 93.4 Å². The molecule has 0 bridgehead atoms. The van der Waals surface area contributed by atoms with Gasteiger partial charge in [-0.3, -0.25) is 0 Å². The minimum atomic E-state index is 1.10. The van der Waals surface area contributed by atoms with Gasteiger partial charge >= 0.3 is 0 Å². The van der Waals surface area contributed by atoms with Crippen molar-refractivity contribution >= 4 is 49.6 Å². The van der Waals surface area contributed by atoms with E-state index in [0.717, 1.165) is 22.7 Å². The zero-order valence-corrected chi connectivity index (χ0v) is 29.7. The van der Waals surface area contributed by atoms with E-state index in [2.05, 4.69) is 228 Å². The van der Waals surface area contributed by atoms with Crippen LogP contribution in [-0.2, 0) is 0 Å². The summed E-state index contributed by atoms with van der Waals surface area (Å²) in [5, 5.41) is 4.97. The van der Waals surface area contributed by atoms with E-state index >= 15 is 0 Å². The molecule has 54 heavy (non-hydrogen) atoms. The van der Waals surface area contributed by atoms with Gasteiger partial charge in [0.05, 0.1) is 16.7 Å². The van der Waals surface area contributed by atoms with Crippen LogP contribution in [0.15, 0.2) is 218 Å². The largest absolute Gasteiger partial charge is 0.310 e. The molecule has 0 radical (unpaired) electrons. The van der Waals surface area contributed by atoms with Gasteiger partial charge in [0.2, 0.25) is 0 Å². The van der Waals surface area contributed by atoms with Crippen LogP contribution >= 0.6 is 0 Å². The molecular weight excluding hydrogens is 653 g/mol. The number of rotatable bonds is 7. The fourth-order valence-electron chi connectivity index (χ4n) is 8.04. The first-order valence-corrected chi connectivity index (χ1v) is 18.5. The molecule has 0 N–H and O–H groups in total. The number of anilines is 3. The van der Waals surface area contributed by atoms with Crippen LogP contribution < -0.4 is 4.90 Å². The second-order valence-electron chi connectivity index (χ2n) is 13.8. The van der Waals surface area contributed by atoms with Crippen molar-refractivity contribution in [2.45, 2.75) is 0 Å². The summed E-state index contributed by atoms with van der Waals surface area (Å²) in [4.78, 5) is 2.39. The highest BCUT2D eigenvalue weighted by Gasteiger charge is 2.18. The highest BCUT2D eigenvalue weighted by Crippen LogP contribution is 2.43. The molecule has 0 saturated carbocycles. The minimum absolute atomic E-state index is 1.10. The summed E-state index contributed by atoms with van der Waals surface area (Å²) in [6, 6.07) is 78.8. The number of aromatic nitrogens is 1. The third-order valence-electron chi connectivity index (χ3n) is 10.6. The molecule has 10 rings (SSSR count). The van der Waals surface area contributed by atoms with Gasteiger partial charge in [0, 0.05) is 33.2 Å². The second-order valence-corrected chi connectivity index (χ2v) is 13.8. The highest BCUT2D eigenvalue weighted by atomic mass is 15.1. The zero-order chi connectivity index (χ0) is 35.8. The maximum atomic E-state index is 2.39. The van der Waals surface area contributed by atoms with Crippen LogP contribution in [0.4, 0.5) is 17.1 Å². The maximum Gasteiger partial charge on any atom is 0.0541 e. The van der Waals surface area contributed by atoms with Gasteiger partial charge < -0.3 is 9.47 Å². The third kappa shape index (κ3) is 5.53. The number of hydrogen-bond acceptors (Lipinski definition) is 1. The Hall–Kier alpha value is -7.16. The van der Waals surface area contributed by atoms with Crippen LogP contribution in [-0.4, -0.2) is 4.57 Å². The van der Waals surface area contributed by atoms with Gasteiger partial charge in [-0.15, -0.1) is 0 Å². The summed E-state index contributed by atoms with van der Waals surface area (Å²) in [7, 11) is 0. The molecule has 1 heterocycles. The van der Waals surface area contributed by atoms with Gasteiger partial charge in [-0.2, -0.15) is 0 Å². The Labute approximate surface area is 315 Å². The quantitative estimate of drug-likeness (QED) is 0.162. The van der Waals surface area contributed by atoms with Gasteiger partial charge in [0.15, 0.2) is 0 Å². The number of para-hydroxylation sites is 2. The molecule has 254 valence electrons. The normalized spacial score (nSPS) is 11.3. The molecule has 0 unspecified atom stereocenters. The average molecular weight is 689 g/mol. The molecule has 0 saturated heterocycles. The molecular formula is C52H36N2. The lowest BCUT2D eigenvalue weighted by molar-refractivity contribution is 1.18. The van der Waals surface area contributed by atoms with Gasteiger partial charge in [0.25, 0.3) is 0 Å². The van der Waals surface area contributed by atoms with Crippen molar-refractivity contribution in [3.05, 3.63) is 218 Å². The van der Waals surface area contributed by atoms with E-state index in [9.17, 15) is 0 Å². The van der Waals surface area contributed by atoms with E-state index in [-0.39, 0.29) is 0 Å². The number of benzene rings is 9. The van der Waals surface area contributed by atoms with Gasteiger partial charge in [-0.25, -0.2) is 0 Å². The lowest BCUT2D eigenvalue weighted by Crippen LogP contribution is -2.10. The lowest BCUT2D eigenvalue weighted by Gasteiger charge is -2.28. The number of nitrogens with zero attached hydrogens (tertiary/aromatic N) is 2. The smallest absolute Gasteiger partial charge is 0.0541 e. The third-order valence-corrected chi connectivity index (χ3v) is 10.6. The molecule has 1 aromatic heterocycles. The first-order chi connectivity index (χ1) is 26.8. The molecule has 0 aliphatic heterocycles. The second kappa shape index (κ2) is 13.4. The Bertz CT molecular complexity index is 2850. The van der Waals surface area contributed by atoms with Crippen molar-refractivity contribution in [1.82, 2.24) is 4.57 Å². The summed E-state index contributed by atoms with van der Waals surface area (Å²) in [6.45, 7) is 0. The molecule has 2 heteroatoms. The average Bonchev–Trinajstić information content (AvgIpc) is 3.59. The van der Waals surface area contributed by atoms with Crippen LogP contribution in [0.5, 0.6) is 0 Å². The fourth-order valence-corrected chi connectivity index (χ4v) is 8.04. The molecule has 0 atom stereocenters. The fraction of sp³-hybridized carbons (Fsp3) is 0. The Morgan fingerprint density at radius 3 is 1.37 bits per heavy atom. The predicted octanol–water partition coefficient (Wildman–Crippen LogP) is 14.4. The van der Waals surface area contributed by atoms with Crippen molar-refractivity contribution in [3.8, 4) is 39.1 Å². The molecule has 2 nitrogen and oxygen atoms in total. The van der Waals surface area contributed by atoms with Crippen LogP contribution in [0.2, 0.25) is 0 Å². The highest BCUT2D eigenvalue weighted by molar-refractivity contribution is 6.09. The Morgan fingerprint density at radius 2 is 0.759 bits per heavy atom. The van der Waals surface area contributed by atoms with Gasteiger partial charge in [-0.1, -0.05) is 164 Å². The first-order valence-electron chi connectivity index (χ1n) is 18.5. The topological polar surface area (TPSA) is 8.17 Å². The summed E-state index contributed by atoms with van der Waals surface area (Å²) >= 11 is 0. The van der Waals surface area contributed by atoms with E-state index in [4.69, 9.17) is 0 Å². The van der Waals surface area contributed by atoms with E-state index in [1.807, 2.05) is 0 Å². The molecule has 10 aromatic rings. The SMILES string of the molecule is c1ccc(-c2ccc(N(c3ccc(-c4cccc(-n5c6ccccc6c6ccccc65)c4)cc3)c3ccc(-c4ccccc4)c4ccccc34)cc2)cc1. The summed E-state index contributed by atoms with van der Waals surface area (Å²) in [5.41, 5.74) is 14.1. The number of fused-ring (bicyclic) bond motifs is 4. The molecule has 0 amide bonds. The zero-order valence-electron chi connectivity index (χ0n) is 29.7. The van der Waals surface area contributed by atoms with Crippen LogP contribution in [0.1, 0.15) is 0 Å². The Kier molecular flexibility index (Phi) is 7.85. The minimum Gasteiger partial charge on any atom is -0.310 e. The van der Waals surface area contributed by atoms with E-state index in [1.165, 1.54) is 66.0 Å². The summed E-state index contributed by atoms with van der Waals surface area (Å²) in [5.74, 6) is 0. The summed E-state index contributed by atoms with van der Waals surface area (Å²) < 4.78 is 2.38. The van der Waals surface area contributed by atoms with E-state index < -0.39 is 0 Å². The van der Waals surface area contributed by atoms with Crippen LogP contribution in [0.25, 0.3) is 71.6 Å². The van der Waals surface area contributed by atoms with Crippen LogP contribution in [0.3, 0.4) is 0 Å². The first kappa shape index (κ1) is 31.6. The van der Waals surface area contributed by atoms with Crippen molar-refractivity contribution in [2.75, 3.05) is 4.90 Å². The van der Waals surface area contributed by atoms with Crippen LogP contribution in [0, 0.1) is 0 Å². The molecule has 9 aromatic carbocycles. The number of hydrogen-bond donors (Lipinski definition) is 0. The summed E-state index contributed by atoms with van der Waals surface area (Å²) in [6.07, 6.45) is 0. The van der Waals surface area contributed by atoms with Gasteiger partial charge in [0.1, 0.15) is 0 Å². The monoisotopic (exact) mass is 688 g/mol. The van der Waals surface area contributed by atoms with Crippen molar-refractivity contribution < 1.29 is 0 Å². The Morgan fingerprint density at radius 1 is 0.296 bits per heavy atom. The Balaban J connectivity index is 1.08. The molecule has 0 aliphatic rings. The molecule has 0 aliphatic carbocycles. The lowest BCUT2D eigenvalue weighted by atomic mass is 9.96. The molecule has 0 spiro atoms. The van der Waals surface area contributed by atoms with Crippen molar-refractivity contribution in [3.63, 3.8) is 0 Å². The van der Waals surface area contributed by atoms with Crippen molar-refractivity contribution in [2.24, 2.45) is 0 Å². The predicted molar refractivity (Wildman–Crippen MR) is 229 cm³/mol. The standard InChI is InChI=1S/C52H36N2/c1-3-14-37(15-4-1)38-26-30-42(31-27-38)53(52-35-34-45(40-16-5-2-6-17-40)46-20-7-8-21-47(46)52)43-32-28-39(29-33-43)41-18-13-19-44(36-41)54-50-24-11-9-22-48(50)49-23-10-12-25-51(49)54/h1-36H.